The van der Waals surface area contributed by atoms with Crippen LogP contribution in [-0.4, -0.2) is 25.2 Å². The highest BCUT2D eigenvalue weighted by Gasteiger charge is 2.37. The SMILES string of the molecule is CCCN1C(=O)C(C)(C)COc2ccc(NC(=O)OCc3ccccc3)cc21. The van der Waals surface area contributed by atoms with Gasteiger partial charge in [-0.3, -0.25) is 10.1 Å². The zero-order valence-electron chi connectivity index (χ0n) is 16.5. The first-order chi connectivity index (χ1) is 13.4. The number of carbonyl (C=O) groups is 2. The van der Waals surface area contributed by atoms with E-state index < -0.39 is 11.5 Å². The predicted molar refractivity (Wildman–Crippen MR) is 109 cm³/mol. The summed E-state index contributed by atoms with van der Waals surface area (Å²) in [5.74, 6) is 0.646. The Hall–Kier alpha value is -3.02. The zero-order valence-corrected chi connectivity index (χ0v) is 16.5. The first-order valence-corrected chi connectivity index (χ1v) is 9.47. The van der Waals surface area contributed by atoms with Crippen LogP contribution in [0.25, 0.3) is 0 Å². The molecule has 28 heavy (non-hydrogen) atoms. The minimum Gasteiger partial charge on any atom is -0.490 e. The van der Waals surface area contributed by atoms with E-state index in [0.29, 0.717) is 30.3 Å². The van der Waals surface area contributed by atoms with Crippen LogP contribution in [0.5, 0.6) is 5.75 Å². The van der Waals surface area contributed by atoms with Crippen LogP contribution < -0.4 is 15.0 Å². The maximum Gasteiger partial charge on any atom is 0.411 e. The summed E-state index contributed by atoms with van der Waals surface area (Å²) >= 11 is 0. The van der Waals surface area contributed by atoms with Crippen molar-refractivity contribution < 1.29 is 19.1 Å². The fourth-order valence-corrected chi connectivity index (χ4v) is 3.05. The van der Waals surface area contributed by atoms with Gasteiger partial charge in [-0.1, -0.05) is 37.3 Å². The second-order valence-corrected chi connectivity index (χ2v) is 7.50. The average Bonchev–Trinajstić information content (AvgIpc) is 2.78. The van der Waals surface area contributed by atoms with Gasteiger partial charge in [0.1, 0.15) is 19.0 Å². The molecule has 0 aliphatic carbocycles. The number of benzene rings is 2. The highest BCUT2D eigenvalue weighted by molar-refractivity contribution is 6.00. The number of ether oxygens (including phenoxy) is 2. The maximum absolute atomic E-state index is 12.9. The van der Waals surface area contributed by atoms with Crippen molar-refractivity contribution in [3.05, 3.63) is 54.1 Å². The number of nitrogens with zero attached hydrogens (tertiary/aromatic N) is 1. The van der Waals surface area contributed by atoms with E-state index in [9.17, 15) is 9.59 Å². The molecule has 0 bridgehead atoms. The van der Waals surface area contributed by atoms with Gasteiger partial charge in [-0.25, -0.2) is 4.79 Å². The van der Waals surface area contributed by atoms with Crippen LogP contribution in [-0.2, 0) is 16.1 Å². The number of rotatable bonds is 5. The van der Waals surface area contributed by atoms with Crippen molar-refractivity contribution in [3.63, 3.8) is 0 Å². The minimum absolute atomic E-state index is 0.0110. The van der Waals surface area contributed by atoms with Gasteiger partial charge < -0.3 is 14.4 Å². The lowest BCUT2D eigenvalue weighted by Gasteiger charge is -2.27. The number of hydrogen-bond acceptors (Lipinski definition) is 4. The number of hydrogen-bond donors (Lipinski definition) is 1. The molecule has 6 heteroatoms. The highest BCUT2D eigenvalue weighted by atomic mass is 16.5. The Morgan fingerprint density at radius 3 is 2.68 bits per heavy atom. The van der Waals surface area contributed by atoms with Gasteiger partial charge in [0.05, 0.1) is 11.1 Å². The molecule has 2 aromatic carbocycles. The van der Waals surface area contributed by atoms with Crippen LogP contribution in [0.4, 0.5) is 16.2 Å². The summed E-state index contributed by atoms with van der Waals surface area (Å²) in [5, 5.41) is 2.73. The highest BCUT2D eigenvalue weighted by Crippen LogP contribution is 2.38. The summed E-state index contributed by atoms with van der Waals surface area (Å²) < 4.78 is 11.1. The lowest BCUT2D eigenvalue weighted by molar-refractivity contribution is -0.127. The number of anilines is 2. The molecule has 148 valence electrons. The molecule has 3 rings (SSSR count). The van der Waals surface area contributed by atoms with Crippen molar-refractivity contribution in [1.29, 1.82) is 0 Å². The molecule has 0 aromatic heterocycles. The molecular weight excluding hydrogens is 356 g/mol. The smallest absolute Gasteiger partial charge is 0.411 e. The summed E-state index contributed by atoms with van der Waals surface area (Å²) in [4.78, 5) is 26.8. The normalized spacial score (nSPS) is 15.2. The predicted octanol–water partition coefficient (Wildman–Crippen LogP) is 4.60. The first kappa shape index (κ1) is 19.7. The molecule has 0 fully saturated rings. The van der Waals surface area contributed by atoms with E-state index in [1.54, 1.807) is 23.1 Å². The van der Waals surface area contributed by atoms with E-state index in [4.69, 9.17) is 9.47 Å². The Bertz CT molecular complexity index is 849. The lowest BCUT2D eigenvalue weighted by atomic mass is 9.93. The zero-order chi connectivity index (χ0) is 20.1. The van der Waals surface area contributed by atoms with Gasteiger partial charge in [-0.15, -0.1) is 0 Å². The average molecular weight is 382 g/mol. The third kappa shape index (κ3) is 4.44. The molecule has 0 unspecified atom stereocenters. The van der Waals surface area contributed by atoms with Crippen molar-refractivity contribution in [2.24, 2.45) is 5.41 Å². The molecule has 0 atom stereocenters. The summed E-state index contributed by atoms with van der Waals surface area (Å²) in [5.41, 5.74) is 1.51. The van der Waals surface area contributed by atoms with Crippen molar-refractivity contribution in [3.8, 4) is 5.75 Å². The Labute approximate surface area is 165 Å². The third-order valence-corrected chi connectivity index (χ3v) is 4.57. The summed E-state index contributed by atoms with van der Waals surface area (Å²) in [6.45, 7) is 6.86. The van der Waals surface area contributed by atoms with Crippen LogP contribution in [0.1, 0.15) is 32.8 Å². The summed E-state index contributed by atoms with van der Waals surface area (Å²) in [7, 11) is 0. The molecule has 0 spiro atoms. The molecule has 0 saturated heterocycles. The summed E-state index contributed by atoms with van der Waals surface area (Å²) in [6, 6.07) is 14.8. The van der Waals surface area contributed by atoms with Crippen LogP contribution in [0.3, 0.4) is 0 Å². The van der Waals surface area contributed by atoms with Gasteiger partial charge in [0.25, 0.3) is 0 Å². The molecular formula is C22H26N2O4. The van der Waals surface area contributed by atoms with E-state index in [0.717, 1.165) is 12.0 Å². The lowest BCUT2D eigenvalue weighted by Crippen LogP contribution is -2.42. The van der Waals surface area contributed by atoms with Crippen LogP contribution in [0, 0.1) is 5.41 Å². The Morgan fingerprint density at radius 1 is 1.21 bits per heavy atom. The standard InChI is InChI=1S/C22H26N2O4/c1-4-12-24-18-13-17(10-11-19(18)28-15-22(2,3)20(24)25)23-21(26)27-14-16-8-6-5-7-9-16/h5-11,13H,4,12,14-15H2,1-3H3,(H,23,26). The van der Waals surface area contributed by atoms with Crippen LogP contribution >= 0.6 is 0 Å². The molecule has 1 aliphatic rings. The second kappa shape index (κ2) is 8.33. The van der Waals surface area contributed by atoms with E-state index in [1.165, 1.54) is 0 Å². The Morgan fingerprint density at radius 2 is 1.96 bits per heavy atom. The number of fused-ring (bicyclic) bond motifs is 1. The van der Waals surface area contributed by atoms with Crippen molar-refractivity contribution in [2.75, 3.05) is 23.4 Å². The number of nitrogens with one attached hydrogen (secondary N) is 1. The molecule has 0 radical (unpaired) electrons. The molecule has 6 nitrogen and oxygen atoms in total. The largest absolute Gasteiger partial charge is 0.490 e. The van der Waals surface area contributed by atoms with E-state index in [-0.39, 0.29) is 12.5 Å². The maximum atomic E-state index is 12.9. The van der Waals surface area contributed by atoms with Gasteiger partial charge >= 0.3 is 6.09 Å². The van der Waals surface area contributed by atoms with Crippen molar-refractivity contribution in [1.82, 2.24) is 0 Å². The van der Waals surface area contributed by atoms with Crippen molar-refractivity contribution >= 4 is 23.4 Å². The van der Waals surface area contributed by atoms with Gasteiger partial charge in [0.15, 0.2) is 0 Å². The van der Waals surface area contributed by atoms with Gasteiger partial charge in [-0.05, 0) is 44.0 Å². The third-order valence-electron chi connectivity index (χ3n) is 4.57. The molecule has 2 aromatic rings. The molecule has 2 amide bonds. The van der Waals surface area contributed by atoms with E-state index >= 15 is 0 Å². The summed E-state index contributed by atoms with van der Waals surface area (Å²) in [6.07, 6.45) is 0.268. The Kier molecular flexibility index (Phi) is 5.87. The van der Waals surface area contributed by atoms with Gasteiger partial charge in [0, 0.05) is 12.2 Å². The number of carbonyl (C=O) groups excluding carboxylic acids is 2. The quantitative estimate of drug-likeness (QED) is 0.821. The number of amides is 2. The topological polar surface area (TPSA) is 67.9 Å². The molecule has 1 N–H and O–H groups in total. The van der Waals surface area contributed by atoms with Gasteiger partial charge in [0.2, 0.25) is 5.91 Å². The first-order valence-electron chi connectivity index (χ1n) is 9.47. The fraction of sp³-hybridized carbons (Fsp3) is 0.364. The monoisotopic (exact) mass is 382 g/mol. The van der Waals surface area contributed by atoms with E-state index in [2.05, 4.69) is 5.32 Å². The van der Waals surface area contributed by atoms with Gasteiger partial charge in [-0.2, -0.15) is 0 Å². The molecule has 1 heterocycles. The molecule has 0 saturated carbocycles. The van der Waals surface area contributed by atoms with Crippen molar-refractivity contribution in [2.45, 2.75) is 33.8 Å². The Balaban J connectivity index is 1.75. The molecule has 1 aliphatic heterocycles. The van der Waals surface area contributed by atoms with E-state index in [1.807, 2.05) is 51.1 Å². The van der Waals surface area contributed by atoms with Crippen LogP contribution in [0.15, 0.2) is 48.5 Å². The van der Waals surface area contributed by atoms with Crippen LogP contribution in [0.2, 0.25) is 0 Å². The fourth-order valence-electron chi connectivity index (χ4n) is 3.05. The second-order valence-electron chi connectivity index (χ2n) is 7.50. The minimum atomic E-state index is -0.615.